The van der Waals surface area contributed by atoms with Gasteiger partial charge in [0.05, 0.1) is 5.69 Å². The molecule has 2 rings (SSSR count). The van der Waals surface area contributed by atoms with E-state index in [-0.39, 0.29) is 11.9 Å². The normalized spacial score (nSPS) is 12.1. The fourth-order valence-electron chi connectivity index (χ4n) is 1.62. The van der Waals surface area contributed by atoms with E-state index in [0.717, 1.165) is 11.4 Å². The third kappa shape index (κ3) is 3.18. The van der Waals surface area contributed by atoms with E-state index in [0.29, 0.717) is 6.42 Å². The first-order valence-corrected chi connectivity index (χ1v) is 5.80. The lowest BCUT2D eigenvalue weighted by Gasteiger charge is -2.08. The highest BCUT2D eigenvalue weighted by molar-refractivity contribution is 5.91. The highest BCUT2D eigenvalue weighted by Crippen LogP contribution is 2.12. The van der Waals surface area contributed by atoms with Crippen LogP contribution in [0.5, 0.6) is 0 Å². The van der Waals surface area contributed by atoms with E-state index in [1.165, 1.54) is 0 Å². The molecule has 2 aromatic rings. The Morgan fingerprint density at radius 1 is 1.44 bits per heavy atom. The minimum absolute atomic E-state index is 0.0724. The number of hydrogen-bond acceptors (Lipinski definition) is 3. The number of rotatable bonds is 4. The zero-order valence-electron chi connectivity index (χ0n) is 10.2. The van der Waals surface area contributed by atoms with Gasteiger partial charge in [0.1, 0.15) is 0 Å². The summed E-state index contributed by atoms with van der Waals surface area (Å²) in [6.07, 6.45) is 3.91. The summed E-state index contributed by atoms with van der Waals surface area (Å²) < 4.78 is 1.76. The van der Waals surface area contributed by atoms with E-state index < -0.39 is 0 Å². The molecule has 94 valence electrons. The van der Waals surface area contributed by atoms with Crippen molar-refractivity contribution in [3.8, 4) is 5.69 Å². The maximum absolute atomic E-state index is 11.5. The zero-order valence-corrected chi connectivity index (χ0v) is 10.2. The van der Waals surface area contributed by atoms with Crippen LogP contribution < -0.4 is 11.1 Å². The van der Waals surface area contributed by atoms with Crippen molar-refractivity contribution >= 4 is 11.6 Å². The van der Waals surface area contributed by atoms with Crippen LogP contribution in [0, 0.1) is 0 Å². The first-order chi connectivity index (χ1) is 8.65. The molecule has 1 unspecified atom stereocenters. The number of amides is 1. The van der Waals surface area contributed by atoms with E-state index in [1.807, 2.05) is 36.5 Å². The Balaban J connectivity index is 2.02. The summed E-state index contributed by atoms with van der Waals surface area (Å²) in [7, 11) is 0. The van der Waals surface area contributed by atoms with Crippen LogP contribution in [0.4, 0.5) is 5.69 Å². The van der Waals surface area contributed by atoms with Gasteiger partial charge in [0.15, 0.2) is 0 Å². The first kappa shape index (κ1) is 12.3. The highest BCUT2D eigenvalue weighted by atomic mass is 16.1. The topological polar surface area (TPSA) is 72.9 Å². The Hall–Kier alpha value is -2.14. The Morgan fingerprint density at radius 2 is 2.17 bits per heavy atom. The molecule has 1 atom stereocenters. The van der Waals surface area contributed by atoms with Gasteiger partial charge in [-0.25, -0.2) is 4.68 Å². The van der Waals surface area contributed by atoms with Crippen LogP contribution >= 0.6 is 0 Å². The fourth-order valence-corrected chi connectivity index (χ4v) is 1.62. The molecule has 5 nitrogen and oxygen atoms in total. The smallest absolute Gasteiger partial charge is 0.225 e. The lowest BCUT2D eigenvalue weighted by Crippen LogP contribution is -2.23. The van der Waals surface area contributed by atoms with Gasteiger partial charge in [-0.1, -0.05) is 0 Å². The van der Waals surface area contributed by atoms with E-state index in [9.17, 15) is 4.79 Å². The van der Waals surface area contributed by atoms with Crippen LogP contribution in [0.2, 0.25) is 0 Å². The van der Waals surface area contributed by atoms with Crippen LogP contribution in [0.25, 0.3) is 5.69 Å². The van der Waals surface area contributed by atoms with Crippen molar-refractivity contribution < 1.29 is 4.79 Å². The number of benzene rings is 1. The van der Waals surface area contributed by atoms with Crippen molar-refractivity contribution in [1.82, 2.24) is 9.78 Å². The maximum atomic E-state index is 11.5. The summed E-state index contributed by atoms with van der Waals surface area (Å²) in [5.74, 6) is -0.0724. The van der Waals surface area contributed by atoms with Crippen molar-refractivity contribution in [2.24, 2.45) is 5.73 Å². The summed E-state index contributed by atoms with van der Waals surface area (Å²) in [6.45, 7) is 1.81. The summed E-state index contributed by atoms with van der Waals surface area (Å²) >= 11 is 0. The SMILES string of the molecule is CC(N)CC(=O)Nc1ccc(-n2cccn2)cc1. The van der Waals surface area contributed by atoms with Crippen LogP contribution in [0.3, 0.4) is 0 Å². The van der Waals surface area contributed by atoms with Crippen LogP contribution in [0.1, 0.15) is 13.3 Å². The van der Waals surface area contributed by atoms with Gasteiger partial charge in [-0.3, -0.25) is 4.79 Å². The van der Waals surface area contributed by atoms with Gasteiger partial charge in [0, 0.05) is 30.5 Å². The summed E-state index contributed by atoms with van der Waals surface area (Å²) in [6, 6.07) is 9.21. The second-order valence-corrected chi connectivity index (χ2v) is 4.23. The van der Waals surface area contributed by atoms with Gasteiger partial charge < -0.3 is 11.1 Å². The number of nitrogens with two attached hydrogens (primary N) is 1. The van der Waals surface area contributed by atoms with Gasteiger partial charge in [0.2, 0.25) is 5.91 Å². The molecule has 1 aromatic carbocycles. The van der Waals surface area contributed by atoms with E-state index in [4.69, 9.17) is 5.73 Å². The zero-order chi connectivity index (χ0) is 13.0. The quantitative estimate of drug-likeness (QED) is 0.857. The number of hydrogen-bond donors (Lipinski definition) is 2. The average Bonchev–Trinajstić information content (AvgIpc) is 2.82. The number of carbonyl (C=O) groups excluding carboxylic acids is 1. The Bertz CT molecular complexity index is 502. The fraction of sp³-hybridized carbons (Fsp3) is 0.231. The van der Waals surface area contributed by atoms with E-state index in [1.54, 1.807) is 17.8 Å². The molecule has 0 bridgehead atoms. The second-order valence-electron chi connectivity index (χ2n) is 4.23. The van der Waals surface area contributed by atoms with Gasteiger partial charge >= 0.3 is 0 Å². The van der Waals surface area contributed by atoms with Crippen molar-refractivity contribution in [3.63, 3.8) is 0 Å². The molecule has 1 amide bonds. The summed E-state index contributed by atoms with van der Waals surface area (Å²) in [5, 5.41) is 6.93. The number of aromatic nitrogens is 2. The second kappa shape index (κ2) is 5.46. The molecular weight excluding hydrogens is 228 g/mol. The molecule has 0 aliphatic carbocycles. The van der Waals surface area contributed by atoms with Crippen molar-refractivity contribution in [2.75, 3.05) is 5.32 Å². The van der Waals surface area contributed by atoms with Crippen LogP contribution in [0.15, 0.2) is 42.7 Å². The summed E-state index contributed by atoms with van der Waals surface area (Å²) in [5.41, 5.74) is 7.27. The molecule has 3 N–H and O–H groups in total. The third-order valence-electron chi connectivity index (χ3n) is 2.43. The maximum Gasteiger partial charge on any atom is 0.225 e. The number of anilines is 1. The largest absolute Gasteiger partial charge is 0.327 e. The minimum Gasteiger partial charge on any atom is -0.327 e. The molecule has 1 aromatic heterocycles. The molecular formula is C13H16N4O. The van der Waals surface area contributed by atoms with Gasteiger partial charge in [-0.15, -0.1) is 0 Å². The molecule has 0 fully saturated rings. The highest BCUT2D eigenvalue weighted by Gasteiger charge is 2.05. The van der Waals surface area contributed by atoms with Crippen LogP contribution in [-0.4, -0.2) is 21.7 Å². The molecule has 0 aliphatic rings. The molecule has 1 heterocycles. The molecule has 5 heteroatoms. The molecule has 0 spiro atoms. The van der Waals surface area contributed by atoms with Crippen molar-refractivity contribution in [1.29, 1.82) is 0 Å². The standard InChI is InChI=1S/C13H16N4O/c1-10(14)9-13(18)16-11-3-5-12(6-4-11)17-8-2-7-15-17/h2-8,10H,9,14H2,1H3,(H,16,18). The van der Waals surface area contributed by atoms with E-state index >= 15 is 0 Å². The predicted octanol–water partition coefficient (Wildman–Crippen LogP) is 1.55. The third-order valence-corrected chi connectivity index (χ3v) is 2.43. The van der Waals surface area contributed by atoms with Crippen molar-refractivity contribution in [3.05, 3.63) is 42.7 Å². The van der Waals surface area contributed by atoms with Gasteiger partial charge in [-0.05, 0) is 37.3 Å². The summed E-state index contributed by atoms with van der Waals surface area (Å²) in [4.78, 5) is 11.5. The predicted molar refractivity (Wildman–Crippen MR) is 70.5 cm³/mol. The Kier molecular flexibility index (Phi) is 3.74. The van der Waals surface area contributed by atoms with Gasteiger partial charge in [-0.2, -0.15) is 5.10 Å². The Morgan fingerprint density at radius 3 is 2.72 bits per heavy atom. The lowest BCUT2D eigenvalue weighted by molar-refractivity contribution is -0.116. The van der Waals surface area contributed by atoms with Crippen LogP contribution in [-0.2, 0) is 4.79 Å². The van der Waals surface area contributed by atoms with E-state index in [2.05, 4.69) is 10.4 Å². The Labute approximate surface area is 106 Å². The number of nitrogens with one attached hydrogen (secondary N) is 1. The minimum atomic E-state index is -0.131. The monoisotopic (exact) mass is 244 g/mol. The molecule has 0 saturated heterocycles. The van der Waals surface area contributed by atoms with Gasteiger partial charge in [0.25, 0.3) is 0 Å². The first-order valence-electron chi connectivity index (χ1n) is 5.80. The molecule has 0 aliphatic heterocycles. The molecule has 0 radical (unpaired) electrons. The van der Waals surface area contributed by atoms with Crippen molar-refractivity contribution in [2.45, 2.75) is 19.4 Å². The number of nitrogens with zero attached hydrogens (tertiary/aromatic N) is 2. The lowest BCUT2D eigenvalue weighted by atomic mass is 10.2. The number of carbonyl (C=O) groups is 1. The average molecular weight is 244 g/mol. The molecule has 18 heavy (non-hydrogen) atoms. The molecule has 0 saturated carbocycles.